The Morgan fingerprint density at radius 1 is 0.447 bits per heavy atom. The topological polar surface area (TPSA) is 0 Å². The summed E-state index contributed by atoms with van der Waals surface area (Å²) in [6.45, 7) is 7.96. The summed E-state index contributed by atoms with van der Waals surface area (Å²) in [5.74, 6) is 0. The highest BCUT2D eigenvalue weighted by atomic mass is 14.2. The maximum atomic E-state index is 4.05. The first-order valence-electron chi connectivity index (χ1n) is 12.9. The number of benzene rings is 6. The van der Waals surface area contributed by atoms with Gasteiger partial charge in [-0.2, -0.15) is 0 Å². The molecule has 6 rings (SSSR count). The van der Waals surface area contributed by atoms with Crippen molar-refractivity contribution >= 4 is 27.1 Å². The number of fused-ring (bicyclic) bond motifs is 2. The molecule has 0 heterocycles. The minimum absolute atomic E-state index is 1.06. The van der Waals surface area contributed by atoms with Gasteiger partial charge in [0.05, 0.1) is 0 Å². The van der Waals surface area contributed by atoms with Crippen LogP contribution in [0.25, 0.3) is 60.5 Å². The van der Waals surface area contributed by atoms with E-state index in [9.17, 15) is 0 Å². The lowest BCUT2D eigenvalue weighted by Gasteiger charge is -2.19. The molecule has 0 aliphatic rings. The van der Waals surface area contributed by atoms with E-state index in [1.165, 1.54) is 54.9 Å². The maximum Gasteiger partial charge on any atom is -0.00261 e. The summed E-state index contributed by atoms with van der Waals surface area (Å²) in [6, 6.07) is 45.8. The molecular weight excluding hydrogens is 456 g/mol. The van der Waals surface area contributed by atoms with Gasteiger partial charge >= 0.3 is 0 Å². The SMILES string of the molecule is C=C/C=C(\C=C)c1ccc2c(-c3ccccc3)c3ccccc3c(-c3ccc(-c4ccccc4)cc3)c2c1. The zero-order chi connectivity index (χ0) is 25.9. The Kier molecular flexibility index (Phi) is 6.30. The largest absolute Gasteiger partial charge is 0.0990 e. The zero-order valence-electron chi connectivity index (χ0n) is 21.3. The molecule has 0 nitrogen and oxygen atoms in total. The molecule has 0 saturated heterocycles. The monoisotopic (exact) mass is 484 g/mol. The summed E-state index contributed by atoms with van der Waals surface area (Å²) in [5, 5.41) is 4.97. The second kappa shape index (κ2) is 10.2. The molecule has 6 aromatic rings. The van der Waals surface area contributed by atoms with E-state index >= 15 is 0 Å². The van der Waals surface area contributed by atoms with E-state index in [0.717, 1.165) is 11.1 Å². The number of allylic oxidation sites excluding steroid dienone is 4. The smallest absolute Gasteiger partial charge is 0.00261 e. The van der Waals surface area contributed by atoms with E-state index in [2.05, 4.69) is 141 Å². The van der Waals surface area contributed by atoms with Crippen molar-refractivity contribution in [3.05, 3.63) is 164 Å². The molecule has 0 radical (unpaired) electrons. The molecule has 0 atom stereocenters. The minimum Gasteiger partial charge on any atom is -0.0990 e. The second-order valence-electron chi connectivity index (χ2n) is 9.43. The van der Waals surface area contributed by atoms with Gasteiger partial charge in [0.25, 0.3) is 0 Å². The van der Waals surface area contributed by atoms with Crippen LogP contribution < -0.4 is 0 Å². The lowest BCUT2D eigenvalue weighted by atomic mass is 9.84. The fourth-order valence-corrected chi connectivity index (χ4v) is 5.45. The van der Waals surface area contributed by atoms with Crippen molar-refractivity contribution in [1.29, 1.82) is 0 Å². The summed E-state index contributed by atoms with van der Waals surface area (Å²) >= 11 is 0. The molecule has 6 aromatic carbocycles. The van der Waals surface area contributed by atoms with Gasteiger partial charge in [0.15, 0.2) is 0 Å². The first kappa shape index (κ1) is 23.5. The van der Waals surface area contributed by atoms with Crippen LogP contribution in [0.2, 0.25) is 0 Å². The van der Waals surface area contributed by atoms with Crippen LogP contribution in [0.5, 0.6) is 0 Å². The van der Waals surface area contributed by atoms with Crippen molar-refractivity contribution in [3.8, 4) is 33.4 Å². The van der Waals surface area contributed by atoms with Gasteiger partial charge in [0, 0.05) is 0 Å². The first-order chi connectivity index (χ1) is 18.8. The van der Waals surface area contributed by atoms with E-state index in [-0.39, 0.29) is 0 Å². The molecule has 0 bridgehead atoms. The van der Waals surface area contributed by atoms with Crippen LogP contribution in [0.1, 0.15) is 5.56 Å². The number of rotatable bonds is 6. The molecule has 0 unspecified atom stereocenters. The summed E-state index contributed by atoms with van der Waals surface area (Å²) in [4.78, 5) is 0. The number of hydrogen-bond acceptors (Lipinski definition) is 0. The average Bonchev–Trinajstić information content (AvgIpc) is 2.99. The van der Waals surface area contributed by atoms with Gasteiger partial charge in [-0.05, 0) is 72.1 Å². The third kappa shape index (κ3) is 4.17. The Hall–Kier alpha value is -4.94. The average molecular weight is 485 g/mol. The molecule has 0 fully saturated rings. The third-order valence-corrected chi connectivity index (χ3v) is 7.22. The van der Waals surface area contributed by atoms with Gasteiger partial charge in [-0.1, -0.05) is 153 Å². The molecule has 180 valence electrons. The van der Waals surface area contributed by atoms with Crippen molar-refractivity contribution in [1.82, 2.24) is 0 Å². The van der Waals surface area contributed by atoms with Gasteiger partial charge < -0.3 is 0 Å². The quantitative estimate of drug-likeness (QED) is 0.163. The van der Waals surface area contributed by atoms with Crippen LogP contribution >= 0.6 is 0 Å². The minimum atomic E-state index is 1.06. The molecule has 0 aliphatic heterocycles. The predicted octanol–water partition coefficient (Wildman–Crippen LogP) is 10.7. The van der Waals surface area contributed by atoms with Crippen LogP contribution in [0.3, 0.4) is 0 Å². The fourth-order valence-electron chi connectivity index (χ4n) is 5.45. The first-order valence-corrected chi connectivity index (χ1v) is 12.9. The van der Waals surface area contributed by atoms with Crippen molar-refractivity contribution in [2.45, 2.75) is 0 Å². The Morgan fingerprint density at radius 3 is 1.53 bits per heavy atom. The second-order valence-corrected chi connectivity index (χ2v) is 9.43. The molecule has 0 heteroatoms. The van der Waals surface area contributed by atoms with Gasteiger partial charge in [-0.3, -0.25) is 0 Å². The fraction of sp³-hybridized carbons (Fsp3) is 0. The van der Waals surface area contributed by atoms with Crippen molar-refractivity contribution in [3.63, 3.8) is 0 Å². The molecule has 0 N–H and O–H groups in total. The highest BCUT2D eigenvalue weighted by Gasteiger charge is 2.17. The van der Waals surface area contributed by atoms with Gasteiger partial charge in [-0.25, -0.2) is 0 Å². The zero-order valence-corrected chi connectivity index (χ0v) is 21.3. The van der Waals surface area contributed by atoms with Crippen LogP contribution in [-0.2, 0) is 0 Å². The Bertz CT molecular complexity index is 1800. The molecule has 0 aliphatic carbocycles. The molecule has 0 amide bonds. The van der Waals surface area contributed by atoms with E-state index in [1.54, 1.807) is 0 Å². The standard InChI is InChI=1S/C38H28/c1-3-13-27(4-2)32-24-25-35-36(26-32)38(31-22-20-29(21-23-31)28-14-7-5-8-15-28)34-19-12-11-18-33(34)37(35)30-16-9-6-10-17-30/h3-26H,1-2H2/b27-13+. The summed E-state index contributed by atoms with van der Waals surface area (Å²) in [7, 11) is 0. The third-order valence-electron chi connectivity index (χ3n) is 7.22. The van der Waals surface area contributed by atoms with Crippen LogP contribution in [0.4, 0.5) is 0 Å². The van der Waals surface area contributed by atoms with Crippen LogP contribution in [0, 0.1) is 0 Å². The molecule has 0 saturated carbocycles. The summed E-state index contributed by atoms with van der Waals surface area (Å²) < 4.78 is 0. The lowest BCUT2D eigenvalue weighted by Crippen LogP contribution is -1.92. The lowest BCUT2D eigenvalue weighted by molar-refractivity contribution is 1.60. The van der Waals surface area contributed by atoms with E-state index in [1.807, 2.05) is 18.2 Å². The van der Waals surface area contributed by atoms with Gasteiger partial charge in [-0.15, -0.1) is 0 Å². The normalized spacial score (nSPS) is 11.5. The van der Waals surface area contributed by atoms with E-state index in [4.69, 9.17) is 0 Å². The van der Waals surface area contributed by atoms with Crippen molar-refractivity contribution in [2.24, 2.45) is 0 Å². The predicted molar refractivity (Wildman–Crippen MR) is 166 cm³/mol. The molecule has 0 aromatic heterocycles. The summed E-state index contributed by atoms with van der Waals surface area (Å²) in [6.07, 6.45) is 5.73. The Morgan fingerprint density at radius 2 is 0.921 bits per heavy atom. The van der Waals surface area contributed by atoms with Crippen LogP contribution in [0.15, 0.2) is 159 Å². The van der Waals surface area contributed by atoms with E-state index in [0.29, 0.717) is 0 Å². The maximum absolute atomic E-state index is 4.05. The Labute approximate surface area is 224 Å². The summed E-state index contributed by atoms with van der Waals surface area (Å²) in [5.41, 5.74) is 9.56. The number of hydrogen-bond donors (Lipinski definition) is 0. The van der Waals surface area contributed by atoms with Gasteiger partial charge in [0.1, 0.15) is 0 Å². The molecule has 38 heavy (non-hydrogen) atoms. The van der Waals surface area contributed by atoms with Crippen LogP contribution in [-0.4, -0.2) is 0 Å². The van der Waals surface area contributed by atoms with Gasteiger partial charge in [0.2, 0.25) is 0 Å². The van der Waals surface area contributed by atoms with Crippen molar-refractivity contribution < 1.29 is 0 Å². The molecule has 0 spiro atoms. The molecular formula is C38H28. The highest BCUT2D eigenvalue weighted by molar-refractivity contribution is 6.21. The highest BCUT2D eigenvalue weighted by Crippen LogP contribution is 2.44. The van der Waals surface area contributed by atoms with Crippen molar-refractivity contribution in [2.75, 3.05) is 0 Å². The van der Waals surface area contributed by atoms with E-state index < -0.39 is 0 Å². The Balaban J connectivity index is 1.69.